The summed E-state index contributed by atoms with van der Waals surface area (Å²) in [7, 11) is -1.58. The first-order valence-corrected chi connectivity index (χ1v) is 5.55. The van der Waals surface area contributed by atoms with Crippen molar-refractivity contribution in [1.82, 2.24) is 0 Å². The van der Waals surface area contributed by atoms with Crippen LogP contribution in [0.15, 0.2) is 0 Å². The van der Waals surface area contributed by atoms with Crippen molar-refractivity contribution in [3.8, 4) is 6.57 Å². The second-order valence-electron chi connectivity index (χ2n) is 2.20. The number of rotatable bonds is 1. The molecule has 4 heteroatoms. The lowest BCUT2D eigenvalue weighted by molar-refractivity contribution is -0.149. The number of nitrogens with zero attached hydrogens (tertiary/aromatic N) is 1. The molecular formula is C4H11NO2Si. The Bertz CT molecular complexity index is 66.2. The molecular weight excluding hydrogens is 122 g/mol. The highest BCUT2D eigenvalue weighted by Crippen LogP contribution is 1.97. The van der Waals surface area contributed by atoms with Crippen LogP contribution in [0.3, 0.4) is 0 Å². The molecule has 0 atom stereocenters. The van der Waals surface area contributed by atoms with Crippen LogP contribution in [0.4, 0.5) is 0 Å². The van der Waals surface area contributed by atoms with E-state index in [0.717, 1.165) is 0 Å². The van der Waals surface area contributed by atoms with Gasteiger partial charge in [0.1, 0.15) is 0 Å². The zero-order valence-electron chi connectivity index (χ0n) is 5.38. The molecule has 0 amide bonds. The van der Waals surface area contributed by atoms with Crippen LogP contribution in [-0.4, -0.2) is 13.6 Å². The Morgan fingerprint density at radius 3 is 1.50 bits per heavy atom. The van der Waals surface area contributed by atoms with Crippen LogP contribution in [0.25, 0.3) is 0 Å². The average Bonchev–Trinajstić information content (AvgIpc) is 1.71. The Kier molecular flexibility index (Phi) is 6.32. The SMILES string of the molecule is C#N.C[Si](C)(C)OO. The molecule has 0 aromatic carbocycles. The lowest BCUT2D eigenvalue weighted by Crippen LogP contribution is -2.22. The maximum absolute atomic E-state index is 7.96. The first-order valence-electron chi connectivity index (χ1n) is 2.14. The summed E-state index contributed by atoms with van der Waals surface area (Å²) in [5, 5.41) is 14.5. The highest BCUT2D eigenvalue weighted by Gasteiger charge is 2.12. The zero-order chi connectivity index (χ0) is 7.21. The second kappa shape index (κ2) is 4.78. The lowest BCUT2D eigenvalue weighted by Gasteiger charge is -2.07. The van der Waals surface area contributed by atoms with Gasteiger partial charge in [0.2, 0.25) is 8.32 Å². The van der Waals surface area contributed by atoms with Gasteiger partial charge in [-0.15, -0.1) is 0 Å². The predicted molar refractivity (Wildman–Crippen MR) is 33.7 cm³/mol. The minimum atomic E-state index is -1.58. The molecule has 48 valence electrons. The van der Waals surface area contributed by atoms with Crippen molar-refractivity contribution in [3.63, 3.8) is 0 Å². The van der Waals surface area contributed by atoms with Crippen LogP contribution in [0.5, 0.6) is 0 Å². The predicted octanol–water partition coefficient (Wildman–Crippen LogP) is 1.45. The average molecular weight is 133 g/mol. The minimum absolute atomic E-state index is 1.58. The maximum Gasteiger partial charge on any atom is 0.229 e. The van der Waals surface area contributed by atoms with Crippen molar-refractivity contribution in [1.29, 1.82) is 5.26 Å². The van der Waals surface area contributed by atoms with Crippen molar-refractivity contribution in [3.05, 3.63) is 0 Å². The van der Waals surface area contributed by atoms with Gasteiger partial charge in [-0.3, -0.25) is 9.83 Å². The molecule has 0 unspecified atom stereocenters. The smallest absolute Gasteiger partial charge is 0.229 e. The molecule has 0 rings (SSSR count). The van der Waals surface area contributed by atoms with Gasteiger partial charge in [0, 0.05) is 6.57 Å². The Morgan fingerprint density at radius 1 is 1.38 bits per heavy atom. The Morgan fingerprint density at radius 2 is 1.50 bits per heavy atom. The molecule has 0 aliphatic carbocycles. The summed E-state index contributed by atoms with van der Waals surface area (Å²) in [6.07, 6.45) is 0. The molecule has 3 nitrogen and oxygen atoms in total. The van der Waals surface area contributed by atoms with E-state index in [9.17, 15) is 0 Å². The molecule has 1 N–H and O–H groups in total. The quantitative estimate of drug-likeness (QED) is 0.334. The van der Waals surface area contributed by atoms with Gasteiger partial charge in [-0.1, -0.05) is 0 Å². The van der Waals surface area contributed by atoms with Crippen LogP contribution in [0.1, 0.15) is 0 Å². The largest absolute Gasteiger partial charge is 0.290 e. The summed E-state index contributed by atoms with van der Waals surface area (Å²) in [6, 6.07) is 0. The summed E-state index contributed by atoms with van der Waals surface area (Å²) in [6.45, 7) is 9.23. The van der Waals surface area contributed by atoms with Gasteiger partial charge in [0.25, 0.3) is 0 Å². The Hall–Kier alpha value is -0.373. The molecule has 0 aliphatic heterocycles. The maximum atomic E-state index is 7.96. The first kappa shape index (κ1) is 10.6. The molecule has 0 saturated carbocycles. The van der Waals surface area contributed by atoms with Gasteiger partial charge in [-0.25, -0.2) is 5.26 Å². The number of hydrogen-bond donors (Lipinski definition) is 1. The molecule has 0 aromatic heterocycles. The van der Waals surface area contributed by atoms with E-state index in [1.165, 1.54) is 0 Å². The molecule has 0 aromatic rings. The Balaban J connectivity index is 0. The zero-order valence-corrected chi connectivity index (χ0v) is 6.38. The normalized spacial score (nSPS) is 9.25. The molecule has 0 radical (unpaired) electrons. The van der Waals surface area contributed by atoms with Crippen molar-refractivity contribution in [2.45, 2.75) is 19.6 Å². The third-order valence-corrected chi connectivity index (χ3v) is 0.822. The summed E-state index contributed by atoms with van der Waals surface area (Å²) in [5.41, 5.74) is 0. The topological polar surface area (TPSA) is 53.2 Å². The van der Waals surface area contributed by atoms with E-state index in [1.807, 2.05) is 19.6 Å². The molecule has 0 aliphatic rings. The van der Waals surface area contributed by atoms with Gasteiger partial charge in [0.15, 0.2) is 0 Å². The van der Waals surface area contributed by atoms with E-state index in [-0.39, 0.29) is 0 Å². The van der Waals surface area contributed by atoms with E-state index in [0.29, 0.717) is 0 Å². The fourth-order valence-corrected chi connectivity index (χ4v) is 0. The van der Waals surface area contributed by atoms with Crippen molar-refractivity contribution in [2.75, 3.05) is 0 Å². The molecule has 0 saturated heterocycles. The van der Waals surface area contributed by atoms with Crippen molar-refractivity contribution >= 4 is 8.32 Å². The fraction of sp³-hybridized carbons (Fsp3) is 0.750. The Labute approximate surface area is 50.6 Å². The van der Waals surface area contributed by atoms with Crippen molar-refractivity contribution < 1.29 is 9.83 Å². The van der Waals surface area contributed by atoms with Crippen LogP contribution >= 0.6 is 0 Å². The van der Waals surface area contributed by atoms with Crippen LogP contribution < -0.4 is 0 Å². The van der Waals surface area contributed by atoms with E-state index in [4.69, 9.17) is 10.5 Å². The van der Waals surface area contributed by atoms with Gasteiger partial charge in [-0.05, 0) is 19.6 Å². The third kappa shape index (κ3) is 17.5. The van der Waals surface area contributed by atoms with E-state index < -0.39 is 8.32 Å². The van der Waals surface area contributed by atoms with Crippen molar-refractivity contribution in [2.24, 2.45) is 0 Å². The van der Waals surface area contributed by atoms with Crippen LogP contribution in [0, 0.1) is 11.8 Å². The van der Waals surface area contributed by atoms with Crippen LogP contribution in [0.2, 0.25) is 19.6 Å². The van der Waals surface area contributed by atoms with E-state index >= 15 is 0 Å². The first-order chi connectivity index (χ1) is 3.56. The molecule has 0 fully saturated rings. The molecule has 0 heterocycles. The van der Waals surface area contributed by atoms with Gasteiger partial charge >= 0.3 is 0 Å². The van der Waals surface area contributed by atoms with Gasteiger partial charge in [-0.2, -0.15) is 0 Å². The highest BCUT2D eigenvalue weighted by atomic mass is 28.4. The highest BCUT2D eigenvalue weighted by molar-refractivity contribution is 6.69. The lowest BCUT2D eigenvalue weighted by atomic mass is 11.8. The molecule has 8 heavy (non-hydrogen) atoms. The second-order valence-corrected chi connectivity index (χ2v) is 6.61. The molecule has 0 spiro atoms. The molecule has 0 bridgehead atoms. The summed E-state index contributed by atoms with van der Waals surface area (Å²) < 4.78 is 4.08. The summed E-state index contributed by atoms with van der Waals surface area (Å²) in [5.74, 6) is 0. The van der Waals surface area contributed by atoms with E-state index in [1.54, 1.807) is 0 Å². The number of nitriles is 1. The van der Waals surface area contributed by atoms with Gasteiger partial charge in [0.05, 0.1) is 0 Å². The summed E-state index contributed by atoms with van der Waals surface area (Å²) in [4.78, 5) is 0. The van der Waals surface area contributed by atoms with E-state index in [2.05, 4.69) is 11.1 Å². The van der Waals surface area contributed by atoms with Crippen LogP contribution in [-0.2, 0) is 4.58 Å². The number of hydrogen-bond acceptors (Lipinski definition) is 3. The minimum Gasteiger partial charge on any atom is -0.290 e. The standard InChI is InChI=1S/C3H10O2Si.CHN/c1-6(2,3)5-4;1-2/h4H,1-3H3;1H. The monoisotopic (exact) mass is 133 g/mol. The third-order valence-electron chi connectivity index (χ3n) is 0.274. The summed E-state index contributed by atoms with van der Waals surface area (Å²) >= 11 is 0. The van der Waals surface area contributed by atoms with Gasteiger partial charge < -0.3 is 0 Å². The fourth-order valence-electron chi connectivity index (χ4n) is 0.